The van der Waals surface area contributed by atoms with Crippen LogP contribution in [-0.2, 0) is 0 Å². The number of nitrogens with one attached hydrogen (secondary N) is 1. The van der Waals surface area contributed by atoms with Crippen molar-refractivity contribution in [3.8, 4) is 0 Å². The molecule has 0 radical (unpaired) electrons. The van der Waals surface area contributed by atoms with Gasteiger partial charge in [-0.15, -0.1) is 0 Å². The van der Waals surface area contributed by atoms with Crippen LogP contribution in [0.15, 0.2) is 23.0 Å². The fourth-order valence-corrected chi connectivity index (χ4v) is 2.90. The number of para-hydroxylation sites is 1. The van der Waals surface area contributed by atoms with Crippen LogP contribution >= 0.6 is 0 Å². The number of nitrogen functional groups attached to an aromatic ring is 1. The van der Waals surface area contributed by atoms with Gasteiger partial charge in [0.2, 0.25) is 5.43 Å². The Balaban J connectivity index is 2.31. The highest BCUT2D eigenvalue weighted by Crippen LogP contribution is 2.24. The lowest BCUT2D eigenvalue weighted by molar-refractivity contribution is 0.0691. The second kappa shape index (κ2) is 5.12. The van der Waals surface area contributed by atoms with Crippen molar-refractivity contribution in [1.29, 1.82) is 0 Å². The number of carboxylic acids is 1. The van der Waals surface area contributed by atoms with Gasteiger partial charge in [-0.1, -0.05) is 6.07 Å². The maximum absolute atomic E-state index is 12.7. The molecule has 0 bridgehead atoms. The van der Waals surface area contributed by atoms with Crippen molar-refractivity contribution < 1.29 is 9.90 Å². The third-order valence-corrected chi connectivity index (χ3v) is 3.93. The molecule has 2 aromatic rings. The summed E-state index contributed by atoms with van der Waals surface area (Å²) in [4.78, 5) is 29.0. The molecule has 1 fully saturated rings. The quantitative estimate of drug-likeness (QED) is 0.731. The van der Waals surface area contributed by atoms with Crippen molar-refractivity contribution in [3.63, 3.8) is 0 Å². The molecule has 2 heterocycles. The van der Waals surface area contributed by atoms with Gasteiger partial charge in [-0.25, -0.2) is 4.79 Å². The van der Waals surface area contributed by atoms with Crippen molar-refractivity contribution in [2.24, 2.45) is 0 Å². The third kappa shape index (κ3) is 2.22. The minimum absolute atomic E-state index is 0.0766. The van der Waals surface area contributed by atoms with E-state index in [0.29, 0.717) is 29.7 Å². The molecule has 0 aliphatic carbocycles. The lowest BCUT2D eigenvalue weighted by Crippen LogP contribution is -2.35. The number of aromatic nitrogens is 1. The molecule has 0 amide bonds. The normalized spacial score (nSPS) is 15.3. The van der Waals surface area contributed by atoms with E-state index in [1.165, 1.54) is 0 Å². The summed E-state index contributed by atoms with van der Waals surface area (Å²) in [5.41, 5.74) is 6.51. The number of hydrogen-bond acceptors (Lipinski definition) is 4. The number of carbonyl (C=O) groups is 1. The maximum atomic E-state index is 12.7. The van der Waals surface area contributed by atoms with Gasteiger partial charge in [0.15, 0.2) is 5.69 Å². The van der Waals surface area contributed by atoms with Crippen LogP contribution in [0, 0.1) is 0 Å². The zero-order valence-electron chi connectivity index (χ0n) is 11.6. The minimum atomic E-state index is -1.14. The molecule has 0 spiro atoms. The van der Waals surface area contributed by atoms with Crippen LogP contribution in [0.25, 0.3) is 10.9 Å². The Morgan fingerprint density at radius 2 is 1.95 bits per heavy atom. The molecule has 0 atom stereocenters. The molecule has 4 N–H and O–H groups in total. The van der Waals surface area contributed by atoms with Gasteiger partial charge in [0.05, 0.1) is 11.2 Å². The van der Waals surface area contributed by atoms with E-state index in [0.717, 1.165) is 19.3 Å². The average Bonchev–Trinajstić information content (AvgIpc) is 2.48. The predicted molar refractivity (Wildman–Crippen MR) is 82.0 cm³/mol. The molecule has 1 aliphatic heterocycles. The van der Waals surface area contributed by atoms with Crippen LogP contribution in [0.4, 0.5) is 11.4 Å². The lowest BCUT2D eigenvalue weighted by atomic mass is 10.1. The molecule has 3 rings (SSSR count). The first kappa shape index (κ1) is 13.5. The Bertz CT molecular complexity index is 761. The summed E-state index contributed by atoms with van der Waals surface area (Å²) in [5, 5.41) is 9.86. The highest BCUT2D eigenvalue weighted by Gasteiger charge is 2.24. The van der Waals surface area contributed by atoms with Gasteiger partial charge in [-0.05, 0) is 31.4 Å². The minimum Gasteiger partial charge on any atom is -0.477 e. The van der Waals surface area contributed by atoms with Crippen molar-refractivity contribution in [2.45, 2.75) is 19.3 Å². The molecule has 21 heavy (non-hydrogen) atoms. The van der Waals surface area contributed by atoms with Gasteiger partial charge in [-0.2, -0.15) is 0 Å². The average molecular weight is 287 g/mol. The number of carboxylic acid groups (broad SMARTS) is 1. The molecule has 1 saturated heterocycles. The lowest BCUT2D eigenvalue weighted by Gasteiger charge is -2.29. The molecule has 1 aromatic heterocycles. The number of pyridine rings is 1. The zero-order chi connectivity index (χ0) is 15.0. The first-order valence-corrected chi connectivity index (χ1v) is 7.02. The number of aromatic carboxylic acids is 1. The van der Waals surface area contributed by atoms with E-state index in [4.69, 9.17) is 5.73 Å². The summed E-state index contributed by atoms with van der Waals surface area (Å²) in [5.74, 6) is -1.14. The van der Waals surface area contributed by atoms with Gasteiger partial charge < -0.3 is 20.7 Å². The Kier molecular flexibility index (Phi) is 3.29. The smallest absolute Gasteiger partial charge is 0.354 e. The fourth-order valence-electron chi connectivity index (χ4n) is 2.90. The van der Waals surface area contributed by atoms with E-state index < -0.39 is 5.97 Å². The van der Waals surface area contributed by atoms with E-state index in [2.05, 4.69) is 4.98 Å². The Labute approximate surface area is 121 Å². The van der Waals surface area contributed by atoms with Crippen molar-refractivity contribution in [2.75, 3.05) is 23.7 Å². The Morgan fingerprint density at radius 3 is 2.62 bits per heavy atom. The molecule has 6 heteroatoms. The van der Waals surface area contributed by atoms with Crippen LogP contribution < -0.4 is 16.1 Å². The fraction of sp³-hybridized carbons (Fsp3) is 0.333. The van der Waals surface area contributed by atoms with E-state index in [-0.39, 0.29) is 16.8 Å². The summed E-state index contributed by atoms with van der Waals surface area (Å²) >= 11 is 0. The van der Waals surface area contributed by atoms with E-state index >= 15 is 0 Å². The molecule has 0 saturated carbocycles. The maximum Gasteiger partial charge on any atom is 0.354 e. The summed E-state index contributed by atoms with van der Waals surface area (Å²) in [6.07, 6.45) is 3.04. The summed E-state index contributed by atoms with van der Waals surface area (Å²) < 4.78 is 0. The number of rotatable bonds is 2. The highest BCUT2D eigenvalue weighted by atomic mass is 16.4. The van der Waals surface area contributed by atoms with Crippen molar-refractivity contribution >= 4 is 28.2 Å². The SMILES string of the molecule is Nc1cccc2c(=O)c(N3CCCCC3)c(C(=O)O)[nH]c12. The summed E-state index contributed by atoms with van der Waals surface area (Å²) in [6, 6.07) is 5.02. The van der Waals surface area contributed by atoms with Crippen LogP contribution in [0.1, 0.15) is 29.8 Å². The molecule has 1 aromatic carbocycles. The first-order valence-electron chi connectivity index (χ1n) is 7.02. The van der Waals surface area contributed by atoms with Gasteiger partial charge >= 0.3 is 5.97 Å². The van der Waals surface area contributed by atoms with E-state index in [1.807, 2.05) is 4.90 Å². The van der Waals surface area contributed by atoms with E-state index in [9.17, 15) is 14.7 Å². The largest absolute Gasteiger partial charge is 0.477 e. The second-order valence-electron chi connectivity index (χ2n) is 5.30. The zero-order valence-corrected chi connectivity index (χ0v) is 11.6. The van der Waals surface area contributed by atoms with Crippen LogP contribution in [0.3, 0.4) is 0 Å². The number of nitrogens with zero attached hydrogens (tertiary/aromatic N) is 1. The number of benzene rings is 1. The number of nitrogens with two attached hydrogens (primary N) is 1. The van der Waals surface area contributed by atoms with Crippen molar-refractivity contribution in [1.82, 2.24) is 4.98 Å². The van der Waals surface area contributed by atoms with Gasteiger partial charge in [0.25, 0.3) is 0 Å². The monoisotopic (exact) mass is 287 g/mol. The number of piperidine rings is 1. The third-order valence-electron chi connectivity index (χ3n) is 3.93. The van der Waals surface area contributed by atoms with Gasteiger partial charge in [-0.3, -0.25) is 4.79 Å². The predicted octanol–water partition coefficient (Wildman–Crippen LogP) is 1.80. The van der Waals surface area contributed by atoms with E-state index in [1.54, 1.807) is 18.2 Å². The molecule has 0 unspecified atom stereocenters. The molecular formula is C15H17N3O3. The highest BCUT2D eigenvalue weighted by molar-refractivity contribution is 5.99. The number of anilines is 2. The Morgan fingerprint density at radius 1 is 1.24 bits per heavy atom. The van der Waals surface area contributed by atoms with Crippen LogP contribution in [-0.4, -0.2) is 29.1 Å². The molecule has 6 nitrogen and oxygen atoms in total. The van der Waals surface area contributed by atoms with Crippen LogP contribution in [0.2, 0.25) is 0 Å². The van der Waals surface area contributed by atoms with Gasteiger partial charge in [0, 0.05) is 18.5 Å². The van der Waals surface area contributed by atoms with Gasteiger partial charge in [0.1, 0.15) is 5.69 Å². The number of H-pyrrole nitrogens is 1. The molecule has 110 valence electrons. The topological polar surface area (TPSA) is 99.4 Å². The standard InChI is InChI=1S/C15H17N3O3/c16-10-6-4-5-9-11(10)17-12(15(20)21)13(14(9)19)18-7-2-1-3-8-18/h4-6H,1-3,7-8,16H2,(H,17,19)(H,20,21). The number of fused-ring (bicyclic) bond motifs is 1. The Hall–Kier alpha value is -2.50. The van der Waals surface area contributed by atoms with Crippen LogP contribution in [0.5, 0.6) is 0 Å². The summed E-state index contributed by atoms with van der Waals surface area (Å²) in [7, 11) is 0. The molecule has 1 aliphatic rings. The van der Waals surface area contributed by atoms with Crippen molar-refractivity contribution in [3.05, 3.63) is 34.1 Å². The number of hydrogen-bond donors (Lipinski definition) is 3. The second-order valence-corrected chi connectivity index (χ2v) is 5.30. The first-order chi connectivity index (χ1) is 10.1. The molecular weight excluding hydrogens is 270 g/mol. The number of aromatic amines is 1. The summed E-state index contributed by atoms with van der Waals surface area (Å²) in [6.45, 7) is 1.41.